The SMILES string of the molecule is O=C(CCC(=O)N1CCN(S(=O)(=O)c2ccc(F)cc2F)CC1)c1ccc2c(c1)CCC2. The first-order chi connectivity index (χ1) is 15.3. The van der Waals surface area contributed by atoms with Gasteiger partial charge < -0.3 is 4.90 Å². The summed E-state index contributed by atoms with van der Waals surface area (Å²) in [5.41, 5.74) is 3.11. The monoisotopic (exact) mass is 462 g/mol. The van der Waals surface area contributed by atoms with Crippen LogP contribution in [0.15, 0.2) is 41.3 Å². The third-order valence-electron chi connectivity index (χ3n) is 6.09. The number of sulfonamides is 1. The van der Waals surface area contributed by atoms with Crippen molar-refractivity contribution in [2.45, 2.75) is 37.0 Å². The molecule has 9 heteroatoms. The summed E-state index contributed by atoms with van der Waals surface area (Å²) in [6.45, 7) is 0.301. The molecule has 0 bridgehead atoms. The molecule has 0 N–H and O–H groups in total. The minimum atomic E-state index is -4.13. The van der Waals surface area contributed by atoms with E-state index < -0.39 is 26.6 Å². The van der Waals surface area contributed by atoms with Gasteiger partial charge in [0.15, 0.2) is 5.78 Å². The molecule has 4 rings (SSSR count). The van der Waals surface area contributed by atoms with Crippen molar-refractivity contribution in [1.29, 1.82) is 0 Å². The second-order valence-electron chi connectivity index (χ2n) is 8.12. The van der Waals surface area contributed by atoms with Crippen molar-refractivity contribution in [1.82, 2.24) is 9.21 Å². The van der Waals surface area contributed by atoms with E-state index in [9.17, 15) is 26.8 Å². The maximum Gasteiger partial charge on any atom is 0.246 e. The largest absolute Gasteiger partial charge is 0.340 e. The number of ketones is 1. The molecule has 1 aliphatic heterocycles. The minimum Gasteiger partial charge on any atom is -0.340 e. The molecule has 0 aromatic heterocycles. The number of hydrogen-bond acceptors (Lipinski definition) is 4. The van der Waals surface area contributed by atoms with Gasteiger partial charge in [0.05, 0.1) is 0 Å². The first-order valence-corrected chi connectivity index (χ1v) is 12.1. The number of aryl methyl sites for hydroxylation is 2. The average molecular weight is 463 g/mol. The number of carbonyl (C=O) groups is 2. The van der Waals surface area contributed by atoms with Crippen molar-refractivity contribution in [2.75, 3.05) is 26.2 Å². The molecular weight excluding hydrogens is 438 g/mol. The molecule has 32 heavy (non-hydrogen) atoms. The molecule has 0 atom stereocenters. The molecule has 170 valence electrons. The van der Waals surface area contributed by atoms with Crippen molar-refractivity contribution in [3.8, 4) is 0 Å². The van der Waals surface area contributed by atoms with Gasteiger partial charge in [0.1, 0.15) is 16.5 Å². The van der Waals surface area contributed by atoms with Crippen LogP contribution < -0.4 is 0 Å². The summed E-state index contributed by atoms with van der Waals surface area (Å²) in [4.78, 5) is 26.0. The van der Waals surface area contributed by atoms with Crippen molar-refractivity contribution < 1.29 is 26.8 Å². The van der Waals surface area contributed by atoms with E-state index in [1.165, 1.54) is 16.0 Å². The summed E-state index contributed by atoms with van der Waals surface area (Å²) in [6, 6.07) is 8.06. The number of benzene rings is 2. The molecule has 2 aromatic rings. The highest BCUT2D eigenvalue weighted by atomic mass is 32.2. The Balaban J connectivity index is 1.31. The van der Waals surface area contributed by atoms with E-state index in [0.717, 1.165) is 35.7 Å². The fourth-order valence-electron chi connectivity index (χ4n) is 4.27. The molecule has 6 nitrogen and oxygen atoms in total. The van der Waals surface area contributed by atoms with Crippen LogP contribution in [0.5, 0.6) is 0 Å². The molecular formula is C23H24F2N2O4S. The van der Waals surface area contributed by atoms with E-state index in [1.807, 2.05) is 18.2 Å². The van der Waals surface area contributed by atoms with Gasteiger partial charge in [-0.2, -0.15) is 4.31 Å². The lowest BCUT2D eigenvalue weighted by atomic mass is 10.0. The first kappa shape index (κ1) is 22.5. The summed E-state index contributed by atoms with van der Waals surface area (Å²) >= 11 is 0. The van der Waals surface area contributed by atoms with Crippen molar-refractivity contribution in [2.24, 2.45) is 0 Å². The van der Waals surface area contributed by atoms with Crippen LogP contribution in [0.1, 0.15) is 40.7 Å². The standard InChI is InChI=1S/C23H24F2N2O4S/c24-19-6-8-22(20(25)15-19)32(30,31)27-12-10-26(11-13-27)23(29)9-7-21(28)18-5-4-16-2-1-3-17(16)14-18/h4-6,8,14-15H,1-3,7,9-13H2. The molecule has 1 aliphatic carbocycles. The molecule has 0 radical (unpaired) electrons. The highest BCUT2D eigenvalue weighted by molar-refractivity contribution is 7.89. The van der Waals surface area contributed by atoms with Gasteiger partial charge in [-0.05, 0) is 48.6 Å². The van der Waals surface area contributed by atoms with Gasteiger partial charge >= 0.3 is 0 Å². The minimum absolute atomic E-state index is 0.00363. The maximum atomic E-state index is 14.0. The third-order valence-corrected chi connectivity index (χ3v) is 8.02. The molecule has 0 unspecified atom stereocenters. The number of hydrogen-bond donors (Lipinski definition) is 0. The smallest absolute Gasteiger partial charge is 0.246 e. The first-order valence-electron chi connectivity index (χ1n) is 10.6. The van der Waals surface area contributed by atoms with Crippen LogP contribution in [-0.2, 0) is 27.7 Å². The third kappa shape index (κ3) is 4.59. The zero-order valence-electron chi connectivity index (χ0n) is 17.5. The molecule has 1 heterocycles. The van der Waals surface area contributed by atoms with Gasteiger partial charge in [-0.15, -0.1) is 0 Å². The second-order valence-corrected chi connectivity index (χ2v) is 10.0. The van der Waals surface area contributed by atoms with Gasteiger partial charge in [-0.25, -0.2) is 17.2 Å². The summed E-state index contributed by atoms with van der Waals surface area (Å²) in [6.07, 6.45) is 3.26. The lowest BCUT2D eigenvalue weighted by Crippen LogP contribution is -2.50. The van der Waals surface area contributed by atoms with Crippen LogP contribution in [0.4, 0.5) is 8.78 Å². The van der Waals surface area contributed by atoms with Gasteiger partial charge in [-0.1, -0.05) is 12.1 Å². The second kappa shape index (κ2) is 9.07. The van der Waals surface area contributed by atoms with Crippen molar-refractivity contribution in [3.63, 3.8) is 0 Å². The number of amides is 1. The number of halogens is 2. The topological polar surface area (TPSA) is 74.8 Å². The van der Waals surface area contributed by atoms with E-state index >= 15 is 0 Å². The van der Waals surface area contributed by atoms with Crippen LogP contribution in [0, 0.1) is 11.6 Å². The van der Waals surface area contributed by atoms with E-state index in [4.69, 9.17) is 0 Å². The van der Waals surface area contributed by atoms with Crippen molar-refractivity contribution in [3.05, 3.63) is 64.7 Å². The normalized spacial score (nSPS) is 16.8. The maximum absolute atomic E-state index is 14.0. The van der Waals surface area contributed by atoms with Crippen LogP contribution in [-0.4, -0.2) is 55.5 Å². The van der Waals surface area contributed by atoms with Crippen LogP contribution in [0.2, 0.25) is 0 Å². The highest BCUT2D eigenvalue weighted by Crippen LogP contribution is 2.24. The average Bonchev–Trinajstić information content (AvgIpc) is 3.25. The fraction of sp³-hybridized carbons (Fsp3) is 0.391. The Hall–Kier alpha value is -2.65. The van der Waals surface area contributed by atoms with E-state index in [1.54, 1.807) is 0 Å². The Labute approximate surface area is 185 Å². The number of Topliss-reactive ketones (excluding diaryl/α,β-unsaturated/α-hetero) is 1. The van der Waals surface area contributed by atoms with E-state index in [0.29, 0.717) is 11.6 Å². The molecule has 1 amide bonds. The fourth-order valence-corrected chi connectivity index (χ4v) is 5.74. The lowest BCUT2D eigenvalue weighted by molar-refractivity contribution is -0.132. The molecule has 1 saturated heterocycles. The Kier molecular flexibility index (Phi) is 6.39. The van der Waals surface area contributed by atoms with E-state index in [2.05, 4.69) is 0 Å². The van der Waals surface area contributed by atoms with Crippen LogP contribution >= 0.6 is 0 Å². The van der Waals surface area contributed by atoms with Gasteiger partial charge in [-0.3, -0.25) is 9.59 Å². The summed E-state index contributed by atoms with van der Waals surface area (Å²) in [5.74, 6) is -2.30. The van der Waals surface area contributed by atoms with Gasteiger partial charge in [0.25, 0.3) is 0 Å². The van der Waals surface area contributed by atoms with Gasteiger partial charge in [0, 0.05) is 50.7 Å². The van der Waals surface area contributed by atoms with E-state index in [-0.39, 0.29) is 50.7 Å². The Morgan fingerprint density at radius 2 is 1.59 bits per heavy atom. The summed E-state index contributed by atoms with van der Waals surface area (Å²) in [5, 5.41) is 0. The Morgan fingerprint density at radius 3 is 2.31 bits per heavy atom. The number of fused-ring (bicyclic) bond motifs is 1. The van der Waals surface area contributed by atoms with Crippen molar-refractivity contribution >= 4 is 21.7 Å². The number of nitrogens with zero attached hydrogens (tertiary/aromatic N) is 2. The Morgan fingerprint density at radius 1 is 0.875 bits per heavy atom. The quantitative estimate of drug-likeness (QED) is 0.619. The number of carbonyl (C=O) groups excluding carboxylic acids is 2. The lowest BCUT2D eigenvalue weighted by Gasteiger charge is -2.34. The van der Waals surface area contributed by atoms with Crippen LogP contribution in [0.3, 0.4) is 0 Å². The summed E-state index contributed by atoms with van der Waals surface area (Å²) in [7, 11) is -4.13. The molecule has 0 spiro atoms. The van der Waals surface area contributed by atoms with Gasteiger partial charge in [0.2, 0.25) is 15.9 Å². The predicted molar refractivity (Wildman–Crippen MR) is 114 cm³/mol. The molecule has 2 aromatic carbocycles. The van der Waals surface area contributed by atoms with Crippen LogP contribution in [0.25, 0.3) is 0 Å². The molecule has 2 aliphatic rings. The predicted octanol–water partition coefficient (Wildman–Crippen LogP) is 2.95. The highest BCUT2D eigenvalue weighted by Gasteiger charge is 2.32. The number of piperazine rings is 1. The Bertz CT molecular complexity index is 1160. The molecule has 0 saturated carbocycles. The molecule has 1 fully saturated rings. The number of rotatable bonds is 6. The zero-order valence-corrected chi connectivity index (χ0v) is 18.3. The summed E-state index contributed by atoms with van der Waals surface area (Å²) < 4.78 is 53.5. The zero-order chi connectivity index (χ0) is 22.9.